The van der Waals surface area contributed by atoms with Crippen LogP contribution in [0.25, 0.3) is 17.5 Å². The number of nitrogens with zero attached hydrogens (tertiary/aromatic N) is 3. The molecule has 3 aromatic carbocycles. The number of ether oxygens (including phenoxy) is 2. The van der Waals surface area contributed by atoms with Crippen molar-refractivity contribution in [2.24, 2.45) is 0 Å². The van der Waals surface area contributed by atoms with Crippen molar-refractivity contribution >= 4 is 17.8 Å². The Balaban J connectivity index is 1.35. The molecule has 0 saturated heterocycles. The monoisotopic (exact) mass is 526 g/mol. The van der Waals surface area contributed by atoms with Gasteiger partial charge in [-0.25, -0.2) is 0 Å². The molecular formula is C30H30N4O5. The summed E-state index contributed by atoms with van der Waals surface area (Å²) >= 11 is 0. The molecule has 0 saturated carbocycles. The molecule has 9 nitrogen and oxygen atoms in total. The van der Waals surface area contributed by atoms with Crippen LogP contribution in [0, 0.1) is 0 Å². The molecule has 9 heteroatoms. The maximum absolute atomic E-state index is 13.2. The van der Waals surface area contributed by atoms with Gasteiger partial charge < -0.3 is 14.6 Å². The number of benzene rings is 3. The molecule has 4 rings (SSSR count). The molecular weight excluding hydrogens is 496 g/mol. The van der Waals surface area contributed by atoms with Gasteiger partial charge in [0, 0.05) is 23.1 Å². The second-order valence-electron chi connectivity index (χ2n) is 8.88. The van der Waals surface area contributed by atoms with Crippen molar-refractivity contribution in [3.05, 3.63) is 95.1 Å². The van der Waals surface area contributed by atoms with Gasteiger partial charge in [-0.2, -0.15) is 5.21 Å². The van der Waals surface area contributed by atoms with Gasteiger partial charge in [0.2, 0.25) is 5.82 Å². The molecule has 0 atom stereocenters. The SMILES string of the molecule is COc1ccc(C=CCCCCOc2ccc(C(=O)c3cccc(-c4nn[nH]n4)c3)cc2CCC(=O)O)cc1. The van der Waals surface area contributed by atoms with E-state index in [0.29, 0.717) is 40.4 Å². The minimum Gasteiger partial charge on any atom is -0.497 e. The molecule has 1 aromatic heterocycles. The predicted molar refractivity (Wildman–Crippen MR) is 147 cm³/mol. The standard InChI is InChI=1S/C30H30N4O5/c1-38-26-14-10-21(11-15-26)7-4-2-3-5-18-39-27-16-12-24(19-22(27)13-17-28(35)36)29(37)23-8-6-9-25(20-23)30-31-33-34-32-30/h4,6-12,14-16,19-20H,2-3,5,13,17-18H2,1H3,(H,35,36)(H,31,32,33,34). The Kier molecular flexibility index (Phi) is 9.55. The van der Waals surface area contributed by atoms with Gasteiger partial charge in [-0.3, -0.25) is 9.59 Å². The highest BCUT2D eigenvalue weighted by molar-refractivity contribution is 6.09. The van der Waals surface area contributed by atoms with Gasteiger partial charge in [-0.1, -0.05) is 42.5 Å². The van der Waals surface area contributed by atoms with Crippen LogP contribution in [-0.2, 0) is 11.2 Å². The lowest BCUT2D eigenvalue weighted by Gasteiger charge is -2.13. The van der Waals surface area contributed by atoms with E-state index in [1.807, 2.05) is 24.3 Å². The quantitative estimate of drug-likeness (QED) is 0.165. The van der Waals surface area contributed by atoms with E-state index in [1.54, 1.807) is 49.6 Å². The minimum atomic E-state index is -0.908. The van der Waals surface area contributed by atoms with Crippen LogP contribution in [0.15, 0.2) is 72.8 Å². The number of rotatable bonds is 14. The number of hydrogen-bond acceptors (Lipinski definition) is 7. The molecule has 0 aliphatic heterocycles. The van der Waals surface area contributed by atoms with Gasteiger partial charge >= 0.3 is 5.97 Å². The van der Waals surface area contributed by atoms with Crippen molar-refractivity contribution in [3.8, 4) is 22.9 Å². The fourth-order valence-corrected chi connectivity index (χ4v) is 4.03. The summed E-state index contributed by atoms with van der Waals surface area (Å²) in [7, 11) is 1.65. The van der Waals surface area contributed by atoms with E-state index < -0.39 is 5.97 Å². The number of ketones is 1. The summed E-state index contributed by atoms with van der Waals surface area (Å²) in [6.07, 6.45) is 7.12. The fourth-order valence-electron chi connectivity index (χ4n) is 4.03. The summed E-state index contributed by atoms with van der Waals surface area (Å²) in [5.41, 5.74) is 3.40. The minimum absolute atomic E-state index is 0.0581. The van der Waals surface area contributed by atoms with E-state index >= 15 is 0 Å². The summed E-state index contributed by atoms with van der Waals surface area (Å²) in [5.74, 6) is 0.731. The van der Waals surface area contributed by atoms with Gasteiger partial charge in [-0.05, 0) is 78.4 Å². The van der Waals surface area contributed by atoms with E-state index in [0.717, 1.165) is 30.6 Å². The number of aliphatic carboxylic acids is 1. The van der Waals surface area contributed by atoms with Gasteiger partial charge in [0.1, 0.15) is 11.5 Å². The predicted octanol–water partition coefficient (Wildman–Crippen LogP) is 5.39. The van der Waals surface area contributed by atoms with Gasteiger partial charge in [-0.15, -0.1) is 10.2 Å². The zero-order valence-corrected chi connectivity index (χ0v) is 21.7. The average Bonchev–Trinajstić information content (AvgIpc) is 3.51. The Bertz CT molecular complexity index is 1420. The summed E-state index contributed by atoms with van der Waals surface area (Å²) < 4.78 is 11.2. The number of carbonyl (C=O) groups excluding carboxylic acids is 1. The molecule has 0 bridgehead atoms. The molecule has 200 valence electrons. The molecule has 0 radical (unpaired) electrons. The first-order valence-electron chi connectivity index (χ1n) is 12.7. The normalized spacial score (nSPS) is 11.0. The van der Waals surface area contributed by atoms with Crippen LogP contribution >= 0.6 is 0 Å². The maximum Gasteiger partial charge on any atom is 0.303 e. The van der Waals surface area contributed by atoms with Crippen LogP contribution in [0.4, 0.5) is 0 Å². The number of carboxylic acids is 1. The lowest BCUT2D eigenvalue weighted by atomic mass is 9.97. The summed E-state index contributed by atoms with van der Waals surface area (Å²) in [5, 5.41) is 23.1. The molecule has 2 N–H and O–H groups in total. The number of tetrazole rings is 1. The highest BCUT2D eigenvalue weighted by Crippen LogP contribution is 2.25. The third kappa shape index (κ3) is 7.85. The largest absolute Gasteiger partial charge is 0.497 e. The molecule has 0 aliphatic rings. The number of aromatic nitrogens is 4. The number of aromatic amines is 1. The number of aryl methyl sites for hydroxylation is 1. The Labute approximate surface area is 226 Å². The Morgan fingerprint density at radius 3 is 2.56 bits per heavy atom. The van der Waals surface area contributed by atoms with Crippen LogP contribution in [-0.4, -0.2) is 51.2 Å². The molecule has 1 heterocycles. The number of carboxylic acid groups (broad SMARTS) is 1. The number of carbonyl (C=O) groups is 2. The second-order valence-corrected chi connectivity index (χ2v) is 8.88. The molecule has 0 spiro atoms. The van der Waals surface area contributed by atoms with Crippen LogP contribution in [0.1, 0.15) is 52.7 Å². The number of nitrogens with one attached hydrogen (secondary N) is 1. The van der Waals surface area contributed by atoms with Crippen LogP contribution in [0.2, 0.25) is 0 Å². The lowest BCUT2D eigenvalue weighted by Crippen LogP contribution is -2.07. The van der Waals surface area contributed by atoms with E-state index in [2.05, 4.69) is 32.8 Å². The first kappa shape index (κ1) is 27.3. The maximum atomic E-state index is 13.2. The van der Waals surface area contributed by atoms with Gasteiger partial charge in [0.15, 0.2) is 5.78 Å². The van der Waals surface area contributed by atoms with Gasteiger partial charge in [0.05, 0.1) is 13.7 Å². The van der Waals surface area contributed by atoms with Crippen molar-refractivity contribution < 1.29 is 24.2 Å². The van der Waals surface area contributed by atoms with E-state index in [1.165, 1.54) is 0 Å². The fraction of sp³-hybridized carbons (Fsp3) is 0.233. The zero-order chi connectivity index (χ0) is 27.5. The topological polar surface area (TPSA) is 127 Å². The Morgan fingerprint density at radius 1 is 1.00 bits per heavy atom. The molecule has 39 heavy (non-hydrogen) atoms. The first-order chi connectivity index (χ1) is 19.0. The Morgan fingerprint density at radius 2 is 1.82 bits per heavy atom. The van der Waals surface area contributed by atoms with E-state index in [-0.39, 0.29) is 18.6 Å². The second kappa shape index (κ2) is 13.7. The molecule has 0 amide bonds. The van der Waals surface area contributed by atoms with Crippen LogP contribution < -0.4 is 9.47 Å². The number of methoxy groups -OCH3 is 1. The number of unbranched alkanes of at least 4 members (excludes halogenated alkanes) is 2. The number of hydrogen-bond donors (Lipinski definition) is 2. The highest BCUT2D eigenvalue weighted by atomic mass is 16.5. The Hall–Kier alpha value is -4.79. The zero-order valence-electron chi connectivity index (χ0n) is 21.7. The van der Waals surface area contributed by atoms with Crippen LogP contribution in [0.5, 0.6) is 11.5 Å². The smallest absolute Gasteiger partial charge is 0.303 e. The summed E-state index contributed by atoms with van der Waals surface area (Å²) in [6.45, 7) is 0.497. The van der Waals surface area contributed by atoms with Crippen molar-refractivity contribution in [1.29, 1.82) is 0 Å². The molecule has 0 unspecified atom stereocenters. The first-order valence-corrected chi connectivity index (χ1v) is 12.7. The summed E-state index contributed by atoms with van der Waals surface area (Å²) in [6, 6.07) is 20.0. The molecule has 4 aromatic rings. The molecule has 0 aliphatic carbocycles. The van der Waals surface area contributed by atoms with E-state index in [9.17, 15) is 14.7 Å². The average molecular weight is 527 g/mol. The number of H-pyrrole nitrogens is 1. The van der Waals surface area contributed by atoms with E-state index in [4.69, 9.17) is 9.47 Å². The third-order valence-corrected chi connectivity index (χ3v) is 6.11. The lowest BCUT2D eigenvalue weighted by molar-refractivity contribution is -0.136. The van der Waals surface area contributed by atoms with Crippen molar-refractivity contribution in [3.63, 3.8) is 0 Å². The number of allylic oxidation sites excluding steroid dienone is 1. The van der Waals surface area contributed by atoms with Crippen LogP contribution in [0.3, 0.4) is 0 Å². The van der Waals surface area contributed by atoms with Crippen molar-refractivity contribution in [2.45, 2.75) is 32.1 Å². The van der Waals surface area contributed by atoms with Gasteiger partial charge in [0.25, 0.3) is 0 Å². The van der Waals surface area contributed by atoms with Crippen molar-refractivity contribution in [1.82, 2.24) is 20.6 Å². The third-order valence-electron chi connectivity index (χ3n) is 6.11. The molecule has 0 fully saturated rings. The highest BCUT2D eigenvalue weighted by Gasteiger charge is 2.15. The summed E-state index contributed by atoms with van der Waals surface area (Å²) in [4.78, 5) is 24.5. The van der Waals surface area contributed by atoms with Crippen molar-refractivity contribution in [2.75, 3.05) is 13.7 Å².